The standard InChI is InChI=1S/C7H10.C6H10O.C5H9N2O3P/c1-2-7-5-3-4-6-7;7-5-6-3-1-2-4-6;1-4(8)5(7-6)11(3,9)10-2/h1,7H,3-6H2;5-6H,1-4H2;1-3H3. The molecule has 2 aliphatic rings. The van der Waals surface area contributed by atoms with Crippen LogP contribution in [0.25, 0.3) is 5.53 Å². The number of terminal acetylenes is 1. The summed E-state index contributed by atoms with van der Waals surface area (Å²) in [6, 6.07) is 0. The average molecular weight is 368 g/mol. The molecule has 2 aliphatic carbocycles. The van der Waals surface area contributed by atoms with Crippen LogP contribution in [-0.4, -0.2) is 36.1 Å². The average Bonchev–Trinajstić information content (AvgIpc) is 3.29. The number of hydrogen-bond donors (Lipinski definition) is 0. The smallest absolute Gasteiger partial charge is 0.360 e. The SMILES string of the molecule is C#CC1CCCC1.COP(C)(=O)C(=[N+]=[N-])C(C)=O.O=CC1CCCC1. The summed E-state index contributed by atoms with van der Waals surface area (Å²) in [5, 5.41) is 0. The van der Waals surface area contributed by atoms with Crippen molar-refractivity contribution in [3.8, 4) is 12.3 Å². The third kappa shape index (κ3) is 9.51. The summed E-state index contributed by atoms with van der Waals surface area (Å²) in [7, 11) is -2.00. The van der Waals surface area contributed by atoms with E-state index in [4.69, 9.17) is 12.0 Å². The minimum atomic E-state index is -3.19. The minimum Gasteiger partial charge on any atom is -0.360 e. The predicted octanol–water partition coefficient (Wildman–Crippen LogP) is 3.94. The Bertz CT molecular complexity index is 564. The Labute approximate surface area is 150 Å². The van der Waals surface area contributed by atoms with Crippen LogP contribution in [0.3, 0.4) is 0 Å². The summed E-state index contributed by atoms with van der Waals surface area (Å²) in [4.78, 5) is 23.3. The molecule has 2 saturated carbocycles. The molecule has 1 unspecified atom stereocenters. The Morgan fingerprint density at radius 3 is 1.92 bits per heavy atom. The first-order chi connectivity index (χ1) is 11.8. The molecular weight excluding hydrogens is 339 g/mol. The first kappa shape index (κ1) is 23.5. The maximum atomic E-state index is 11.2. The van der Waals surface area contributed by atoms with Gasteiger partial charge in [-0.15, -0.1) is 12.3 Å². The molecule has 0 aliphatic heterocycles. The van der Waals surface area contributed by atoms with Gasteiger partial charge >= 0.3 is 12.8 Å². The fourth-order valence-corrected chi connectivity index (χ4v) is 3.62. The molecule has 6 nitrogen and oxygen atoms in total. The van der Waals surface area contributed by atoms with Gasteiger partial charge in [0.25, 0.3) is 0 Å². The van der Waals surface area contributed by atoms with Gasteiger partial charge < -0.3 is 14.8 Å². The largest absolute Gasteiger partial charge is 0.414 e. The third-order valence-corrected chi connectivity index (χ3v) is 6.20. The van der Waals surface area contributed by atoms with Crippen molar-refractivity contribution >= 4 is 24.9 Å². The van der Waals surface area contributed by atoms with Crippen LogP contribution in [0, 0.1) is 24.2 Å². The van der Waals surface area contributed by atoms with Crippen LogP contribution in [0.15, 0.2) is 0 Å². The minimum absolute atomic E-state index is 0.417. The van der Waals surface area contributed by atoms with E-state index >= 15 is 0 Å². The first-order valence-electron chi connectivity index (χ1n) is 8.60. The molecule has 0 saturated heterocycles. The van der Waals surface area contributed by atoms with E-state index in [1.54, 1.807) is 0 Å². The summed E-state index contributed by atoms with van der Waals surface area (Å²) < 4.78 is 15.7. The molecule has 25 heavy (non-hydrogen) atoms. The Balaban J connectivity index is 0.000000358. The van der Waals surface area contributed by atoms with E-state index in [2.05, 4.69) is 15.2 Å². The van der Waals surface area contributed by atoms with E-state index in [0.29, 0.717) is 11.8 Å². The van der Waals surface area contributed by atoms with E-state index in [-0.39, 0.29) is 0 Å². The highest BCUT2D eigenvalue weighted by Crippen LogP contribution is 2.42. The second-order valence-electron chi connectivity index (χ2n) is 6.34. The molecule has 0 heterocycles. The van der Waals surface area contributed by atoms with Gasteiger partial charge in [0.1, 0.15) is 6.29 Å². The van der Waals surface area contributed by atoms with Gasteiger partial charge in [0, 0.05) is 32.5 Å². The van der Waals surface area contributed by atoms with E-state index < -0.39 is 18.6 Å². The Morgan fingerprint density at radius 2 is 1.72 bits per heavy atom. The third-order valence-electron chi connectivity index (χ3n) is 4.33. The Kier molecular flexibility index (Phi) is 12.0. The molecule has 0 aromatic carbocycles. The van der Waals surface area contributed by atoms with E-state index in [1.165, 1.54) is 52.3 Å². The number of nitrogens with zero attached hydrogens (tertiary/aromatic N) is 2. The molecule has 0 aromatic heterocycles. The van der Waals surface area contributed by atoms with Crippen LogP contribution >= 0.6 is 7.37 Å². The highest BCUT2D eigenvalue weighted by atomic mass is 31.2. The zero-order chi connectivity index (χ0) is 19.3. The van der Waals surface area contributed by atoms with Crippen LogP contribution in [0.5, 0.6) is 0 Å². The van der Waals surface area contributed by atoms with Crippen LogP contribution in [0.1, 0.15) is 58.3 Å². The number of Topliss-reactive ketones (excluding diaryl/α,β-unsaturated/α-hetero) is 1. The lowest BCUT2D eigenvalue weighted by Gasteiger charge is -2.01. The fraction of sp³-hybridized carbons (Fsp3) is 0.722. The maximum Gasteiger partial charge on any atom is 0.414 e. The monoisotopic (exact) mass is 368 g/mol. The lowest BCUT2D eigenvalue weighted by molar-refractivity contribution is -0.114. The quantitative estimate of drug-likeness (QED) is 0.187. The van der Waals surface area contributed by atoms with Crippen molar-refractivity contribution in [1.29, 1.82) is 0 Å². The summed E-state index contributed by atoms with van der Waals surface area (Å²) in [6.45, 7) is 2.37. The Hall–Kier alpha value is -1.53. The highest BCUT2D eigenvalue weighted by molar-refractivity contribution is 7.78. The molecule has 7 heteroatoms. The van der Waals surface area contributed by atoms with Crippen molar-refractivity contribution in [3.63, 3.8) is 0 Å². The van der Waals surface area contributed by atoms with E-state index in [1.807, 2.05) is 0 Å². The topological polar surface area (TPSA) is 96.8 Å². The maximum absolute atomic E-state index is 11.2. The number of carbonyl (C=O) groups is 2. The molecule has 2 fully saturated rings. The van der Waals surface area contributed by atoms with Crippen molar-refractivity contribution in [3.05, 3.63) is 5.53 Å². The summed E-state index contributed by atoms with van der Waals surface area (Å²) in [6.07, 6.45) is 16.4. The molecule has 0 bridgehead atoms. The highest BCUT2D eigenvalue weighted by Gasteiger charge is 2.35. The lowest BCUT2D eigenvalue weighted by Crippen LogP contribution is -2.12. The molecule has 1 atom stereocenters. The van der Waals surface area contributed by atoms with Crippen LogP contribution in [0.4, 0.5) is 0 Å². The molecule has 0 spiro atoms. The van der Waals surface area contributed by atoms with Crippen molar-refractivity contribution in [2.75, 3.05) is 13.8 Å². The lowest BCUT2D eigenvalue weighted by atomic mass is 10.1. The predicted molar refractivity (Wildman–Crippen MR) is 98.7 cm³/mol. The summed E-state index contributed by atoms with van der Waals surface area (Å²) >= 11 is 0. The summed E-state index contributed by atoms with van der Waals surface area (Å²) in [5.74, 6) is 3.25. The van der Waals surface area contributed by atoms with Crippen molar-refractivity contribution in [2.24, 2.45) is 11.8 Å². The normalized spacial score (nSPS) is 19.1. The zero-order valence-electron chi connectivity index (χ0n) is 15.4. The Morgan fingerprint density at radius 1 is 1.24 bits per heavy atom. The van der Waals surface area contributed by atoms with Gasteiger partial charge in [0.05, 0.1) is 0 Å². The van der Waals surface area contributed by atoms with Crippen LogP contribution < -0.4 is 0 Å². The number of hydrogen-bond acceptors (Lipinski definition) is 4. The first-order valence-corrected chi connectivity index (χ1v) is 10.7. The molecule has 0 radical (unpaired) electrons. The van der Waals surface area contributed by atoms with E-state index in [0.717, 1.165) is 26.1 Å². The number of rotatable bonds is 4. The van der Waals surface area contributed by atoms with Crippen molar-refractivity contribution in [1.82, 2.24) is 0 Å². The fourth-order valence-electron chi connectivity index (χ4n) is 2.71. The van der Waals surface area contributed by atoms with Gasteiger partial charge in [-0.05, 0) is 25.7 Å². The van der Waals surface area contributed by atoms with Crippen molar-refractivity contribution < 1.29 is 23.5 Å². The van der Waals surface area contributed by atoms with E-state index in [9.17, 15) is 14.2 Å². The molecule has 0 N–H and O–H groups in total. The molecule has 0 amide bonds. The molecule has 0 aromatic rings. The van der Waals surface area contributed by atoms with Gasteiger partial charge in [-0.2, -0.15) is 4.79 Å². The second-order valence-corrected chi connectivity index (χ2v) is 8.82. The second kappa shape index (κ2) is 12.8. The summed E-state index contributed by atoms with van der Waals surface area (Å²) in [5.41, 5.74) is 7.86. The zero-order valence-corrected chi connectivity index (χ0v) is 16.3. The van der Waals surface area contributed by atoms with Gasteiger partial charge in [-0.1, -0.05) is 25.7 Å². The van der Waals surface area contributed by atoms with Gasteiger partial charge in [-0.25, -0.2) is 0 Å². The van der Waals surface area contributed by atoms with Crippen molar-refractivity contribution in [2.45, 2.75) is 58.3 Å². The van der Waals surface area contributed by atoms with Gasteiger partial charge in [-0.3, -0.25) is 9.36 Å². The van der Waals surface area contributed by atoms with Gasteiger partial charge in [0.2, 0.25) is 5.78 Å². The molecule has 2 rings (SSSR count). The number of ketones is 1. The van der Waals surface area contributed by atoms with Crippen LogP contribution in [-0.2, 0) is 18.7 Å². The number of aldehydes is 1. The molecular formula is C18H29N2O4P. The number of carbonyl (C=O) groups excluding carboxylic acids is 2. The van der Waals surface area contributed by atoms with Gasteiger partial charge in [0.15, 0.2) is 0 Å². The van der Waals surface area contributed by atoms with Crippen LogP contribution in [0.2, 0.25) is 0 Å². The molecule has 140 valence electrons.